The van der Waals surface area contributed by atoms with Gasteiger partial charge < -0.3 is 5.11 Å². The van der Waals surface area contributed by atoms with Crippen LogP contribution in [0.3, 0.4) is 0 Å². The smallest absolute Gasteiger partial charge is 0.382 e. The van der Waals surface area contributed by atoms with Gasteiger partial charge >= 0.3 is 17.8 Å². The zero-order valence-corrected chi connectivity index (χ0v) is 19.9. The van der Waals surface area contributed by atoms with Gasteiger partial charge in [0.05, 0.1) is 6.54 Å². The van der Waals surface area contributed by atoms with E-state index in [0.29, 0.717) is 16.2 Å². The van der Waals surface area contributed by atoms with E-state index in [-0.39, 0.29) is 21.1 Å². The summed E-state index contributed by atoms with van der Waals surface area (Å²) >= 11 is 5.84. The molecule has 0 fully saturated rings. The maximum atomic E-state index is 14.3. The number of aromatic nitrogens is 6. The van der Waals surface area contributed by atoms with Crippen molar-refractivity contribution in [3.63, 3.8) is 0 Å². The number of hydrogen-bond acceptors (Lipinski definition) is 5. The molecule has 0 bridgehead atoms. The van der Waals surface area contributed by atoms with E-state index in [1.165, 1.54) is 24.3 Å². The highest BCUT2D eigenvalue weighted by atomic mass is 35.5. The molecule has 2 heterocycles. The summed E-state index contributed by atoms with van der Waals surface area (Å²) in [4.78, 5) is 16.6. The van der Waals surface area contributed by atoms with Gasteiger partial charge in [-0.1, -0.05) is 17.7 Å². The molecule has 0 radical (unpaired) electrons. The summed E-state index contributed by atoms with van der Waals surface area (Å²) in [6.07, 6.45) is -8.00. The third-order valence-electron chi connectivity index (χ3n) is 5.24. The predicted molar refractivity (Wildman–Crippen MR) is 119 cm³/mol. The molecule has 202 valence electrons. The van der Waals surface area contributed by atoms with E-state index in [4.69, 9.17) is 11.6 Å². The van der Waals surface area contributed by atoms with Crippen LogP contribution in [0.25, 0.3) is 17.1 Å². The lowest BCUT2D eigenvalue weighted by Crippen LogP contribution is -2.37. The van der Waals surface area contributed by atoms with Crippen LogP contribution in [-0.2, 0) is 19.0 Å². The summed E-state index contributed by atoms with van der Waals surface area (Å²) in [5, 5.41) is 17.5. The summed E-state index contributed by atoms with van der Waals surface area (Å²) in [5.74, 6) is -8.20. The van der Waals surface area contributed by atoms with E-state index >= 15 is 0 Å². The van der Waals surface area contributed by atoms with E-state index in [9.17, 15) is 40.6 Å². The molecule has 0 saturated heterocycles. The minimum Gasteiger partial charge on any atom is -0.382 e. The van der Waals surface area contributed by atoms with E-state index in [2.05, 4.69) is 15.2 Å². The first-order chi connectivity index (χ1) is 17.7. The van der Waals surface area contributed by atoms with Gasteiger partial charge in [0.1, 0.15) is 12.2 Å². The van der Waals surface area contributed by atoms with Gasteiger partial charge in [-0.05, 0) is 36.4 Å². The molecule has 0 spiro atoms. The van der Waals surface area contributed by atoms with Gasteiger partial charge in [-0.3, -0.25) is 4.57 Å². The fourth-order valence-corrected chi connectivity index (χ4v) is 3.61. The van der Waals surface area contributed by atoms with Gasteiger partial charge in [0, 0.05) is 17.5 Å². The molecule has 1 N–H and O–H groups in total. The highest BCUT2D eigenvalue weighted by molar-refractivity contribution is 6.30. The summed E-state index contributed by atoms with van der Waals surface area (Å²) < 4.78 is 97.6. The molecule has 4 rings (SSSR count). The molecular weight excluding hydrogens is 549 g/mol. The molecular formula is C22H16ClF7N6O2. The van der Waals surface area contributed by atoms with Crippen LogP contribution in [-0.4, -0.2) is 46.5 Å². The molecule has 1 atom stereocenters. The first-order valence-corrected chi connectivity index (χ1v) is 11.0. The number of nitrogens with zero attached hydrogens (tertiary/aromatic N) is 6. The normalized spacial score (nSPS) is 13.2. The van der Waals surface area contributed by atoms with Crippen molar-refractivity contribution in [3.05, 3.63) is 81.3 Å². The second-order valence-electron chi connectivity index (χ2n) is 8.16. The van der Waals surface area contributed by atoms with Gasteiger partial charge in [-0.25, -0.2) is 27.9 Å². The van der Waals surface area contributed by atoms with Gasteiger partial charge in [0.25, 0.3) is 0 Å². The van der Waals surface area contributed by atoms with Crippen LogP contribution in [0.5, 0.6) is 0 Å². The Morgan fingerprint density at radius 1 is 1.00 bits per heavy atom. The Kier molecular flexibility index (Phi) is 7.09. The molecule has 0 aliphatic carbocycles. The highest BCUT2D eigenvalue weighted by Gasteiger charge is 2.39. The standard InChI is InChI=1S/C22H16ClF7N6O2/c1-21(26,27)19-31-16(32-36(19)17-13(24)3-2-4-14(17)25)10-35-20(38)34(9-15(37)22(28,29)30)18(33-35)11-5-7-12(23)8-6-11/h2-8,15,37H,9-10H2,1H3. The Balaban J connectivity index is 1.82. The van der Waals surface area contributed by atoms with Gasteiger partial charge in [0.15, 0.2) is 29.4 Å². The Hall–Kier alpha value is -3.72. The molecule has 2 aromatic carbocycles. The van der Waals surface area contributed by atoms with Gasteiger partial charge in [-0.2, -0.15) is 22.0 Å². The van der Waals surface area contributed by atoms with Crippen molar-refractivity contribution < 1.29 is 35.8 Å². The SMILES string of the molecule is CC(F)(F)c1nc(Cn2nc(-c3ccc(Cl)cc3)n(CC(O)C(F)(F)F)c2=O)nn1-c1c(F)cccc1F. The average molecular weight is 565 g/mol. The molecule has 8 nitrogen and oxygen atoms in total. The van der Waals surface area contributed by atoms with Crippen molar-refractivity contribution in [1.82, 2.24) is 29.1 Å². The largest absolute Gasteiger partial charge is 0.416 e. The lowest BCUT2D eigenvalue weighted by atomic mass is 10.2. The van der Waals surface area contributed by atoms with Gasteiger partial charge in [0.2, 0.25) is 5.82 Å². The molecule has 4 aromatic rings. The third-order valence-corrected chi connectivity index (χ3v) is 5.49. The molecule has 0 saturated carbocycles. The Morgan fingerprint density at radius 2 is 1.61 bits per heavy atom. The average Bonchev–Trinajstić information content (AvgIpc) is 3.36. The molecule has 1 unspecified atom stereocenters. The highest BCUT2D eigenvalue weighted by Crippen LogP contribution is 2.30. The lowest BCUT2D eigenvalue weighted by molar-refractivity contribution is -0.207. The van der Waals surface area contributed by atoms with Crippen LogP contribution in [0.2, 0.25) is 5.02 Å². The Labute approximate surface area is 213 Å². The molecule has 2 aromatic heterocycles. The van der Waals surface area contributed by atoms with E-state index in [1.54, 1.807) is 0 Å². The monoisotopic (exact) mass is 564 g/mol. The van der Waals surface area contributed by atoms with Crippen LogP contribution in [0, 0.1) is 11.6 Å². The zero-order chi connectivity index (χ0) is 28.0. The second kappa shape index (κ2) is 9.87. The van der Waals surface area contributed by atoms with Crippen molar-refractivity contribution in [2.75, 3.05) is 0 Å². The molecule has 16 heteroatoms. The topological polar surface area (TPSA) is 90.8 Å². The van der Waals surface area contributed by atoms with E-state index < -0.39 is 66.0 Å². The Bertz CT molecular complexity index is 1500. The first-order valence-electron chi connectivity index (χ1n) is 10.6. The summed E-state index contributed by atoms with van der Waals surface area (Å²) in [6, 6.07) is 8.11. The van der Waals surface area contributed by atoms with Crippen molar-refractivity contribution >= 4 is 11.6 Å². The fourth-order valence-electron chi connectivity index (χ4n) is 3.48. The summed E-state index contributed by atoms with van der Waals surface area (Å²) in [6.45, 7) is -1.59. The zero-order valence-electron chi connectivity index (χ0n) is 19.1. The number of aliphatic hydroxyl groups excluding tert-OH is 1. The lowest BCUT2D eigenvalue weighted by Gasteiger charge is -2.15. The predicted octanol–water partition coefficient (Wildman–Crippen LogP) is 4.31. The van der Waals surface area contributed by atoms with Crippen LogP contribution in [0.15, 0.2) is 47.3 Å². The maximum absolute atomic E-state index is 14.3. The number of aliphatic hydroxyl groups is 1. The third kappa shape index (κ3) is 5.43. The van der Waals surface area contributed by atoms with Gasteiger partial charge in [-0.15, -0.1) is 10.2 Å². The van der Waals surface area contributed by atoms with Crippen LogP contribution in [0.1, 0.15) is 18.6 Å². The number of hydrogen-bond donors (Lipinski definition) is 1. The van der Waals surface area contributed by atoms with Crippen molar-refractivity contribution in [3.8, 4) is 17.1 Å². The number of halogens is 8. The quantitative estimate of drug-likeness (QED) is 0.338. The minimum absolute atomic E-state index is 0.146. The first kappa shape index (κ1) is 27.3. The van der Waals surface area contributed by atoms with E-state index in [1.807, 2.05) is 0 Å². The summed E-state index contributed by atoms with van der Waals surface area (Å²) in [5.41, 5.74) is -1.97. The maximum Gasteiger partial charge on any atom is 0.416 e. The van der Waals surface area contributed by atoms with Crippen LogP contribution in [0.4, 0.5) is 30.7 Å². The van der Waals surface area contributed by atoms with E-state index in [0.717, 1.165) is 18.2 Å². The van der Waals surface area contributed by atoms with Crippen LogP contribution >= 0.6 is 11.6 Å². The Morgan fingerprint density at radius 3 is 2.16 bits per heavy atom. The van der Waals surface area contributed by atoms with Crippen LogP contribution < -0.4 is 5.69 Å². The molecule has 0 aliphatic heterocycles. The number of alkyl halides is 5. The second-order valence-corrected chi connectivity index (χ2v) is 8.60. The summed E-state index contributed by atoms with van der Waals surface area (Å²) in [7, 11) is 0. The van der Waals surface area contributed by atoms with Crippen molar-refractivity contribution in [2.45, 2.75) is 38.2 Å². The number of benzene rings is 2. The van der Waals surface area contributed by atoms with Crippen molar-refractivity contribution in [1.29, 1.82) is 0 Å². The van der Waals surface area contributed by atoms with Crippen molar-refractivity contribution in [2.24, 2.45) is 0 Å². The number of rotatable bonds is 7. The molecule has 38 heavy (non-hydrogen) atoms. The number of para-hydroxylation sites is 1. The fraction of sp³-hybridized carbons (Fsp3) is 0.273. The minimum atomic E-state index is -5.06. The molecule has 0 amide bonds. The molecule has 0 aliphatic rings.